The zero-order valence-corrected chi connectivity index (χ0v) is 13.3. The molecule has 1 fully saturated rings. The molecule has 1 aromatic heterocycles. The maximum Gasteiger partial charge on any atom is 0.149 e. The van der Waals surface area contributed by atoms with Crippen LogP contribution in [0.2, 0.25) is 0 Å². The van der Waals surface area contributed by atoms with Crippen molar-refractivity contribution in [2.45, 2.75) is 32.7 Å². The summed E-state index contributed by atoms with van der Waals surface area (Å²) >= 11 is 0. The first-order valence-electron chi connectivity index (χ1n) is 7.86. The van der Waals surface area contributed by atoms with Crippen molar-refractivity contribution in [3.63, 3.8) is 0 Å². The molecule has 2 aromatic rings. The Morgan fingerprint density at radius 1 is 1.26 bits per heavy atom. The number of benzene rings is 1. The summed E-state index contributed by atoms with van der Waals surface area (Å²) in [6.07, 6.45) is 1.73. The van der Waals surface area contributed by atoms with Crippen LogP contribution in [-0.4, -0.2) is 29.1 Å². The first kappa shape index (κ1) is 15.6. The van der Waals surface area contributed by atoms with E-state index in [1.165, 1.54) is 12.1 Å². The van der Waals surface area contributed by atoms with Crippen molar-refractivity contribution in [3.05, 3.63) is 47.4 Å². The van der Waals surface area contributed by atoms with Gasteiger partial charge in [-0.1, -0.05) is 6.92 Å². The molecule has 1 N–H and O–H groups in total. The number of nitrogens with one attached hydrogen (secondary N) is 1. The molecule has 0 amide bonds. The molecule has 1 aromatic carbocycles. The molecule has 0 radical (unpaired) electrons. The van der Waals surface area contributed by atoms with Gasteiger partial charge in [0.15, 0.2) is 0 Å². The van der Waals surface area contributed by atoms with Gasteiger partial charge in [0, 0.05) is 37.0 Å². The largest absolute Gasteiger partial charge is 0.367 e. The van der Waals surface area contributed by atoms with Crippen LogP contribution < -0.4 is 10.2 Å². The van der Waals surface area contributed by atoms with Crippen LogP contribution in [0, 0.1) is 18.6 Å². The van der Waals surface area contributed by atoms with E-state index in [-0.39, 0.29) is 6.04 Å². The molecule has 0 spiro atoms. The van der Waals surface area contributed by atoms with Crippen molar-refractivity contribution < 1.29 is 8.78 Å². The van der Waals surface area contributed by atoms with Gasteiger partial charge in [-0.2, -0.15) is 0 Å². The lowest BCUT2D eigenvalue weighted by Crippen LogP contribution is -2.27. The Hall–Kier alpha value is -2.24. The maximum atomic E-state index is 13.9. The monoisotopic (exact) mass is 318 g/mol. The average Bonchev–Trinajstić information content (AvgIpc) is 2.94. The minimum Gasteiger partial charge on any atom is -0.367 e. The number of hydrogen-bond donors (Lipinski definition) is 1. The van der Waals surface area contributed by atoms with Crippen molar-refractivity contribution in [1.82, 2.24) is 9.97 Å². The summed E-state index contributed by atoms with van der Waals surface area (Å²) in [6.45, 7) is 5.32. The highest BCUT2D eigenvalue weighted by Gasteiger charge is 2.25. The molecular formula is C17H20F2N4. The lowest BCUT2D eigenvalue weighted by atomic mass is 10.2. The fourth-order valence-corrected chi connectivity index (χ4v) is 2.93. The van der Waals surface area contributed by atoms with Crippen LogP contribution in [0.15, 0.2) is 24.3 Å². The van der Waals surface area contributed by atoms with Crippen molar-refractivity contribution in [2.75, 3.05) is 23.3 Å². The first-order valence-corrected chi connectivity index (χ1v) is 7.86. The fraction of sp³-hybridized carbons (Fsp3) is 0.412. The van der Waals surface area contributed by atoms with E-state index in [1.807, 2.05) is 17.9 Å². The third-order valence-electron chi connectivity index (χ3n) is 4.04. The second-order valence-electron chi connectivity index (χ2n) is 5.82. The predicted molar refractivity (Wildman–Crippen MR) is 86.7 cm³/mol. The van der Waals surface area contributed by atoms with Crippen LogP contribution in [-0.2, 0) is 6.42 Å². The summed E-state index contributed by atoms with van der Waals surface area (Å²) < 4.78 is 26.9. The van der Waals surface area contributed by atoms with Crippen molar-refractivity contribution >= 4 is 11.5 Å². The van der Waals surface area contributed by atoms with Crippen molar-refractivity contribution in [1.29, 1.82) is 0 Å². The summed E-state index contributed by atoms with van der Waals surface area (Å²) in [6, 6.07) is 5.85. The Morgan fingerprint density at radius 3 is 2.83 bits per heavy atom. The average molecular weight is 318 g/mol. The molecule has 1 saturated heterocycles. The molecule has 0 bridgehead atoms. The van der Waals surface area contributed by atoms with Crippen LogP contribution >= 0.6 is 0 Å². The molecule has 1 aliphatic rings. The van der Waals surface area contributed by atoms with Crippen LogP contribution in [0.1, 0.15) is 24.9 Å². The molecule has 4 nitrogen and oxygen atoms in total. The highest BCUT2D eigenvalue weighted by molar-refractivity contribution is 5.50. The van der Waals surface area contributed by atoms with Crippen molar-refractivity contribution in [2.24, 2.45) is 0 Å². The molecule has 6 heteroatoms. The summed E-state index contributed by atoms with van der Waals surface area (Å²) in [5, 5.41) is 3.40. The molecule has 1 atom stereocenters. The molecular weight excluding hydrogens is 298 g/mol. The quantitative estimate of drug-likeness (QED) is 0.939. The number of aromatic nitrogens is 2. The molecule has 0 saturated carbocycles. The molecule has 2 heterocycles. The second-order valence-corrected chi connectivity index (χ2v) is 5.82. The van der Waals surface area contributed by atoms with Gasteiger partial charge in [-0.3, -0.25) is 0 Å². The SMILES string of the molecule is CCc1cc(NC2CCN(c3ccc(F)cc3F)C2)nc(C)n1. The third kappa shape index (κ3) is 3.57. The van der Waals surface area contributed by atoms with Crippen LogP contribution in [0.3, 0.4) is 0 Å². The summed E-state index contributed by atoms with van der Waals surface area (Å²) in [7, 11) is 0. The number of aryl methyl sites for hydroxylation is 2. The highest BCUT2D eigenvalue weighted by Crippen LogP contribution is 2.25. The minimum absolute atomic E-state index is 0.179. The van der Waals surface area contributed by atoms with Gasteiger partial charge in [0.05, 0.1) is 5.69 Å². The number of anilines is 2. The zero-order chi connectivity index (χ0) is 16.4. The van der Waals surface area contributed by atoms with Gasteiger partial charge < -0.3 is 10.2 Å². The van der Waals surface area contributed by atoms with Crippen LogP contribution in [0.5, 0.6) is 0 Å². The van der Waals surface area contributed by atoms with Gasteiger partial charge in [0.25, 0.3) is 0 Å². The zero-order valence-electron chi connectivity index (χ0n) is 13.3. The minimum atomic E-state index is -0.552. The van der Waals surface area contributed by atoms with E-state index in [4.69, 9.17) is 0 Å². The molecule has 1 unspecified atom stereocenters. The molecule has 1 aliphatic heterocycles. The lowest BCUT2D eigenvalue weighted by Gasteiger charge is -2.20. The third-order valence-corrected chi connectivity index (χ3v) is 4.04. The maximum absolute atomic E-state index is 13.9. The smallest absolute Gasteiger partial charge is 0.149 e. The number of rotatable bonds is 4. The van der Waals surface area contributed by atoms with E-state index in [2.05, 4.69) is 22.2 Å². The van der Waals surface area contributed by atoms with Gasteiger partial charge in [0.1, 0.15) is 23.3 Å². The van der Waals surface area contributed by atoms with E-state index >= 15 is 0 Å². The topological polar surface area (TPSA) is 41.0 Å². The normalized spacial score (nSPS) is 17.6. The van der Waals surface area contributed by atoms with Crippen LogP contribution in [0.25, 0.3) is 0 Å². The van der Waals surface area contributed by atoms with Gasteiger partial charge >= 0.3 is 0 Å². The lowest BCUT2D eigenvalue weighted by molar-refractivity contribution is 0.581. The van der Waals surface area contributed by atoms with E-state index in [0.29, 0.717) is 12.2 Å². The van der Waals surface area contributed by atoms with E-state index in [1.54, 1.807) is 0 Å². The molecule has 0 aliphatic carbocycles. The Balaban J connectivity index is 1.69. The Bertz CT molecular complexity index is 705. The second kappa shape index (κ2) is 6.48. The Kier molecular flexibility index (Phi) is 4.41. The molecule has 3 rings (SSSR count). The van der Waals surface area contributed by atoms with Gasteiger partial charge in [-0.15, -0.1) is 0 Å². The number of nitrogens with zero attached hydrogens (tertiary/aromatic N) is 3. The summed E-state index contributed by atoms with van der Waals surface area (Å²) in [4.78, 5) is 10.7. The first-order chi connectivity index (χ1) is 11.0. The van der Waals surface area contributed by atoms with Crippen molar-refractivity contribution in [3.8, 4) is 0 Å². The molecule has 122 valence electrons. The van der Waals surface area contributed by atoms with Gasteiger partial charge in [0.2, 0.25) is 0 Å². The van der Waals surface area contributed by atoms with E-state index in [9.17, 15) is 8.78 Å². The van der Waals surface area contributed by atoms with Gasteiger partial charge in [-0.25, -0.2) is 18.7 Å². The summed E-state index contributed by atoms with van der Waals surface area (Å²) in [5.74, 6) is 0.479. The number of halogens is 2. The highest BCUT2D eigenvalue weighted by atomic mass is 19.1. The predicted octanol–water partition coefficient (Wildman–Crippen LogP) is 3.32. The summed E-state index contributed by atoms with van der Waals surface area (Å²) in [5.41, 5.74) is 1.45. The van der Waals surface area contributed by atoms with Crippen LogP contribution in [0.4, 0.5) is 20.3 Å². The Morgan fingerprint density at radius 2 is 2.09 bits per heavy atom. The van der Waals surface area contributed by atoms with Gasteiger partial charge in [-0.05, 0) is 31.9 Å². The van der Waals surface area contributed by atoms with E-state index in [0.717, 1.165) is 42.8 Å². The standard InChI is InChI=1S/C17H20F2N4/c1-3-13-9-17(21-11(2)20-13)22-14-6-7-23(10-14)16-5-4-12(18)8-15(16)19/h4-5,8-9,14H,3,6-7,10H2,1-2H3,(H,20,21,22). The fourth-order valence-electron chi connectivity index (χ4n) is 2.93. The van der Waals surface area contributed by atoms with E-state index < -0.39 is 11.6 Å². The number of hydrogen-bond acceptors (Lipinski definition) is 4. The Labute approximate surface area is 134 Å². The molecule has 23 heavy (non-hydrogen) atoms.